The van der Waals surface area contributed by atoms with Gasteiger partial charge < -0.3 is 14.8 Å². The van der Waals surface area contributed by atoms with Crippen LogP contribution in [0.4, 0.5) is 0 Å². The number of hydrogen-bond acceptors (Lipinski definition) is 5. The highest BCUT2D eigenvalue weighted by Crippen LogP contribution is 2.41. The molecule has 0 amide bonds. The van der Waals surface area contributed by atoms with E-state index in [9.17, 15) is 4.79 Å². The second-order valence-electron chi connectivity index (χ2n) is 6.51. The number of hydrogen-bond donors (Lipinski definition) is 1. The van der Waals surface area contributed by atoms with Crippen molar-refractivity contribution in [2.45, 2.75) is 57.2 Å². The summed E-state index contributed by atoms with van der Waals surface area (Å²) in [6, 6.07) is 0.385. The molecule has 1 N–H and O–H groups in total. The van der Waals surface area contributed by atoms with Gasteiger partial charge in [0.2, 0.25) is 0 Å². The molecule has 1 aliphatic carbocycles. The van der Waals surface area contributed by atoms with Crippen molar-refractivity contribution in [2.75, 3.05) is 33.9 Å². The predicted molar refractivity (Wildman–Crippen MR) is 82.2 cm³/mol. The Morgan fingerprint density at radius 1 is 1.43 bits per heavy atom. The number of nitrogens with zero attached hydrogens (tertiary/aromatic N) is 1. The Kier molecular flexibility index (Phi) is 5.63. The first-order chi connectivity index (χ1) is 10.0. The number of nitrogens with one attached hydrogen (secondary N) is 1. The highest BCUT2D eigenvalue weighted by Gasteiger charge is 2.52. The highest BCUT2D eigenvalue weighted by atomic mass is 16.5. The summed E-state index contributed by atoms with van der Waals surface area (Å²) in [7, 11) is 3.60. The van der Waals surface area contributed by atoms with E-state index in [1.54, 1.807) is 0 Å². The Balaban J connectivity index is 2.11. The van der Waals surface area contributed by atoms with E-state index in [0.29, 0.717) is 18.5 Å². The Morgan fingerprint density at radius 3 is 2.62 bits per heavy atom. The SMILES string of the molecule is CCCNC(CN(C)C1CCOC1C)(C(=O)OC)C1CC1. The van der Waals surface area contributed by atoms with E-state index in [0.717, 1.165) is 38.8 Å². The minimum Gasteiger partial charge on any atom is -0.468 e. The van der Waals surface area contributed by atoms with E-state index in [2.05, 4.69) is 31.1 Å². The zero-order valence-electron chi connectivity index (χ0n) is 13.9. The second kappa shape index (κ2) is 7.07. The van der Waals surface area contributed by atoms with E-state index >= 15 is 0 Å². The van der Waals surface area contributed by atoms with E-state index in [1.807, 2.05) is 0 Å². The average Bonchev–Trinajstić information content (AvgIpc) is 3.24. The molecule has 0 aromatic carbocycles. The van der Waals surface area contributed by atoms with Crippen molar-refractivity contribution in [1.29, 1.82) is 0 Å². The summed E-state index contributed by atoms with van der Waals surface area (Å²) in [6.45, 7) is 6.59. The molecule has 1 saturated heterocycles. The molecule has 5 nitrogen and oxygen atoms in total. The van der Waals surface area contributed by atoms with E-state index < -0.39 is 5.54 Å². The zero-order valence-corrected chi connectivity index (χ0v) is 13.9. The molecule has 122 valence electrons. The minimum atomic E-state index is -0.554. The van der Waals surface area contributed by atoms with Gasteiger partial charge in [-0.05, 0) is 52.1 Å². The van der Waals surface area contributed by atoms with Gasteiger partial charge in [0.1, 0.15) is 5.54 Å². The number of likely N-dealkylation sites (N-methyl/N-ethyl adjacent to an activating group) is 1. The molecule has 21 heavy (non-hydrogen) atoms. The average molecular weight is 298 g/mol. The van der Waals surface area contributed by atoms with Crippen LogP contribution in [0.5, 0.6) is 0 Å². The number of methoxy groups -OCH3 is 1. The molecule has 0 radical (unpaired) electrons. The highest BCUT2D eigenvalue weighted by molar-refractivity contribution is 5.82. The van der Waals surface area contributed by atoms with E-state index in [1.165, 1.54) is 7.11 Å². The van der Waals surface area contributed by atoms with Gasteiger partial charge in [0.05, 0.1) is 13.2 Å². The molecule has 0 bridgehead atoms. The molecular formula is C16H30N2O3. The molecule has 2 aliphatic rings. The van der Waals surface area contributed by atoms with Crippen molar-refractivity contribution in [3.8, 4) is 0 Å². The molecule has 3 atom stereocenters. The van der Waals surface area contributed by atoms with Crippen LogP contribution < -0.4 is 5.32 Å². The van der Waals surface area contributed by atoms with Crippen LogP contribution in [0.25, 0.3) is 0 Å². The van der Waals surface area contributed by atoms with Gasteiger partial charge in [0.15, 0.2) is 0 Å². The summed E-state index contributed by atoms with van der Waals surface area (Å²) in [5, 5.41) is 3.51. The number of carbonyl (C=O) groups is 1. The van der Waals surface area contributed by atoms with Gasteiger partial charge in [-0.2, -0.15) is 0 Å². The Hall–Kier alpha value is -0.650. The first kappa shape index (κ1) is 16.7. The van der Waals surface area contributed by atoms with Gasteiger partial charge in [-0.3, -0.25) is 4.90 Å². The van der Waals surface area contributed by atoms with Crippen LogP contribution in [0.1, 0.15) is 39.5 Å². The standard InChI is InChI=1S/C16H30N2O3/c1-5-9-17-16(13-6-7-13,15(19)20-4)11-18(3)14-8-10-21-12(14)2/h12-14,17H,5-11H2,1-4H3. The lowest BCUT2D eigenvalue weighted by atomic mass is 9.91. The van der Waals surface area contributed by atoms with Crippen LogP contribution in [0.3, 0.4) is 0 Å². The summed E-state index contributed by atoms with van der Waals surface area (Å²) in [6.07, 6.45) is 4.49. The number of rotatable bonds is 8. The molecule has 2 rings (SSSR count). The molecule has 2 fully saturated rings. The summed E-state index contributed by atoms with van der Waals surface area (Å²) in [4.78, 5) is 14.8. The lowest BCUT2D eigenvalue weighted by molar-refractivity contribution is -0.151. The molecule has 1 aliphatic heterocycles. The van der Waals surface area contributed by atoms with Crippen LogP contribution in [0.2, 0.25) is 0 Å². The Labute approximate surface area is 128 Å². The minimum absolute atomic E-state index is 0.114. The fourth-order valence-electron chi connectivity index (χ4n) is 3.55. The number of esters is 1. The normalized spacial score (nSPS) is 28.6. The first-order valence-corrected chi connectivity index (χ1v) is 8.20. The summed E-state index contributed by atoms with van der Waals surface area (Å²) in [5.74, 6) is 0.286. The summed E-state index contributed by atoms with van der Waals surface area (Å²) >= 11 is 0. The molecule has 1 saturated carbocycles. The number of ether oxygens (including phenoxy) is 2. The first-order valence-electron chi connectivity index (χ1n) is 8.20. The van der Waals surface area contributed by atoms with Crippen LogP contribution in [-0.4, -0.2) is 62.4 Å². The monoisotopic (exact) mass is 298 g/mol. The zero-order chi connectivity index (χ0) is 15.5. The second-order valence-corrected chi connectivity index (χ2v) is 6.51. The fourth-order valence-corrected chi connectivity index (χ4v) is 3.55. The molecule has 0 aromatic heterocycles. The maximum absolute atomic E-state index is 12.5. The van der Waals surface area contributed by atoms with Crippen molar-refractivity contribution >= 4 is 5.97 Å². The smallest absolute Gasteiger partial charge is 0.327 e. The van der Waals surface area contributed by atoms with E-state index in [4.69, 9.17) is 9.47 Å². The van der Waals surface area contributed by atoms with Gasteiger partial charge >= 0.3 is 5.97 Å². The van der Waals surface area contributed by atoms with Crippen molar-refractivity contribution in [3.63, 3.8) is 0 Å². The van der Waals surface area contributed by atoms with Crippen LogP contribution >= 0.6 is 0 Å². The van der Waals surface area contributed by atoms with Crippen LogP contribution in [0.15, 0.2) is 0 Å². The molecule has 0 spiro atoms. The van der Waals surface area contributed by atoms with Crippen molar-refractivity contribution in [2.24, 2.45) is 5.92 Å². The molecular weight excluding hydrogens is 268 g/mol. The van der Waals surface area contributed by atoms with Gasteiger partial charge in [-0.25, -0.2) is 4.79 Å². The third-order valence-electron chi connectivity index (χ3n) is 4.92. The Morgan fingerprint density at radius 2 is 2.14 bits per heavy atom. The summed E-state index contributed by atoms with van der Waals surface area (Å²) < 4.78 is 10.8. The van der Waals surface area contributed by atoms with Gasteiger partial charge in [-0.1, -0.05) is 6.92 Å². The summed E-state index contributed by atoms with van der Waals surface area (Å²) in [5.41, 5.74) is -0.554. The Bertz CT molecular complexity index is 359. The van der Waals surface area contributed by atoms with Gasteiger partial charge in [0.25, 0.3) is 0 Å². The lowest BCUT2D eigenvalue weighted by Crippen LogP contribution is -2.62. The predicted octanol–water partition coefficient (Wildman–Crippen LogP) is 1.42. The van der Waals surface area contributed by atoms with Crippen LogP contribution in [0, 0.1) is 5.92 Å². The van der Waals surface area contributed by atoms with Crippen LogP contribution in [-0.2, 0) is 14.3 Å². The largest absolute Gasteiger partial charge is 0.468 e. The third kappa shape index (κ3) is 3.58. The molecule has 0 aromatic rings. The molecule has 3 unspecified atom stereocenters. The van der Waals surface area contributed by atoms with E-state index in [-0.39, 0.29) is 12.1 Å². The molecule has 1 heterocycles. The quantitative estimate of drug-likeness (QED) is 0.687. The molecule has 5 heteroatoms. The fraction of sp³-hybridized carbons (Fsp3) is 0.938. The van der Waals surface area contributed by atoms with Gasteiger partial charge in [0, 0.05) is 19.2 Å². The van der Waals surface area contributed by atoms with Gasteiger partial charge in [-0.15, -0.1) is 0 Å². The maximum atomic E-state index is 12.5. The topological polar surface area (TPSA) is 50.8 Å². The van der Waals surface area contributed by atoms with Crippen molar-refractivity contribution in [1.82, 2.24) is 10.2 Å². The number of carbonyl (C=O) groups excluding carboxylic acids is 1. The van der Waals surface area contributed by atoms with Crippen molar-refractivity contribution in [3.05, 3.63) is 0 Å². The lowest BCUT2D eigenvalue weighted by Gasteiger charge is -2.38. The third-order valence-corrected chi connectivity index (χ3v) is 4.92. The maximum Gasteiger partial charge on any atom is 0.327 e. The van der Waals surface area contributed by atoms with Crippen molar-refractivity contribution < 1.29 is 14.3 Å².